The van der Waals surface area contributed by atoms with Gasteiger partial charge in [-0.2, -0.15) is 0 Å². The molecular weight excluding hydrogens is 586 g/mol. The number of nitrogens with zero attached hydrogens (tertiary/aromatic N) is 3. The van der Waals surface area contributed by atoms with E-state index < -0.39 is 18.2 Å². The van der Waals surface area contributed by atoms with Crippen molar-refractivity contribution in [2.45, 2.75) is 64.3 Å². The van der Waals surface area contributed by atoms with E-state index in [9.17, 15) is 4.79 Å². The summed E-state index contributed by atoms with van der Waals surface area (Å²) in [5.41, 5.74) is 2.42. The Morgan fingerprint density at radius 1 is 1.05 bits per heavy atom. The van der Waals surface area contributed by atoms with E-state index >= 15 is 0 Å². The highest BCUT2D eigenvalue weighted by atomic mass is 35.5. The minimum Gasteiger partial charge on any atom is -0.487 e. The highest BCUT2D eigenvalue weighted by Gasteiger charge is 2.55. The average molecular weight is 622 g/mol. The van der Waals surface area contributed by atoms with Gasteiger partial charge in [-0.3, -0.25) is 4.79 Å². The highest BCUT2D eigenvalue weighted by Crippen LogP contribution is 2.40. The molecule has 2 N–H and O–H groups in total. The molecule has 2 aliphatic heterocycles. The number of hydrogen-bond acceptors (Lipinski definition) is 9. The second-order valence-electron chi connectivity index (χ2n) is 11.2. The van der Waals surface area contributed by atoms with Crippen LogP contribution in [0.2, 0.25) is 5.02 Å². The first-order chi connectivity index (χ1) is 21.2. The molecule has 4 heterocycles. The second-order valence-corrected chi connectivity index (χ2v) is 11.7. The summed E-state index contributed by atoms with van der Waals surface area (Å²) in [4.78, 5) is 21.4. The smallest absolute Gasteiger partial charge is 0.216 e. The van der Waals surface area contributed by atoms with Crippen molar-refractivity contribution in [2.24, 2.45) is 0 Å². The van der Waals surface area contributed by atoms with Gasteiger partial charge in [0.1, 0.15) is 42.1 Å². The number of halogens is 1. The molecule has 11 nitrogen and oxygen atoms in total. The number of anilines is 1. The lowest BCUT2D eigenvalue weighted by atomic mass is 10.1. The average Bonchev–Trinajstić information content (AvgIpc) is 3.62. The van der Waals surface area contributed by atoms with Gasteiger partial charge in [0.2, 0.25) is 5.91 Å². The van der Waals surface area contributed by atoms with Gasteiger partial charge in [0.15, 0.2) is 17.9 Å². The quantitative estimate of drug-likeness (QED) is 0.228. The second kappa shape index (κ2) is 12.7. The summed E-state index contributed by atoms with van der Waals surface area (Å²) >= 11 is 6.22. The van der Waals surface area contributed by atoms with E-state index in [0.29, 0.717) is 47.7 Å². The van der Waals surface area contributed by atoms with Gasteiger partial charge >= 0.3 is 0 Å². The number of hydrogen-bond donors (Lipinski definition) is 2. The maximum Gasteiger partial charge on any atom is 0.216 e. The molecule has 0 spiro atoms. The molecular formula is C32H36ClN5O6. The molecule has 1 amide bonds. The van der Waals surface area contributed by atoms with Crippen LogP contribution in [0.15, 0.2) is 60.7 Å². The fourth-order valence-corrected chi connectivity index (χ4v) is 5.82. The summed E-state index contributed by atoms with van der Waals surface area (Å²) in [5, 5.41) is 7.61. The molecule has 2 aliphatic rings. The molecule has 232 valence electrons. The summed E-state index contributed by atoms with van der Waals surface area (Å²) in [6, 6.07) is 19.1. The number of benzene rings is 2. The molecule has 4 atom stereocenters. The van der Waals surface area contributed by atoms with Crippen LogP contribution in [-0.4, -0.2) is 71.0 Å². The van der Waals surface area contributed by atoms with E-state index in [4.69, 9.17) is 45.3 Å². The van der Waals surface area contributed by atoms with Crippen LogP contribution in [0.25, 0.3) is 22.4 Å². The lowest BCUT2D eigenvalue weighted by Crippen LogP contribution is -2.33. The first-order valence-corrected chi connectivity index (χ1v) is 14.9. The van der Waals surface area contributed by atoms with Gasteiger partial charge in [0.05, 0.1) is 17.6 Å². The number of aromatic nitrogens is 3. The van der Waals surface area contributed by atoms with E-state index in [0.717, 1.165) is 16.6 Å². The molecule has 2 saturated heterocycles. The van der Waals surface area contributed by atoms with Gasteiger partial charge in [-0.1, -0.05) is 48.0 Å². The van der Waals surface area contributed by atoms with E-state index in [1.807, 2.05) is 62.4 Å². The SMILES string of the molecule is COC1OC(Cn2c(COc3cccc(Cl)c3)cc3c(NCCNC(C)=O)nc(-c4ccccc4)nc32)[C@H]2OC(C)(C)OC12. The third-order valence-corrected chi connectivity index (χ3v) is 7.78. The van der Waals surface area contributed by atoms with Crippen molar-refractivity contribution in [1.82, 2.24) is 19.9 Å². The van der Waals surface area contributed by atoms with E-state index in [2.05, 4.69) is 15.2 Å². The number of carbonyl (C=O) groups is 1. The third kappa shape index (κ3) is 6.52. The standard InChI is InChI=1S/C32H36ClN5O6/c1-19(39)34-13-14-35-29-24-16-22(18-41-23-12-8-11-21(33)15-23)38(30(24)37-28(36-29)20-9-6-5-7-10-20)17-25-26-27(31(40-4)42-25)44-32(2,3)43-26/h5-12,15-16,25-27,31H,13-14,17-18H2,1-4H3,(H,34,39)(H,35,36,37)/t25?,26-,27?,31?/m1/s1. The van der Waals surface area contributed by atoms with E-state index in [1.165, 1.54) is 6.92 Å². The maximum absolute atomic E-state index is 11.5. The zero-order valence-corrected chi connectivity index (χ0v) is 25.8. The molecule has 0 radical (unpaired) electrons. The van der Waals surface area contributed by atoms with Crippen LogP contribution >= 0.6 is 11.6 Å². The van der Waals surface area contributed by atoms with Gasteiger partial charge in [0, 0.05) is 37.7 Å². The summed E-state index contributed by atoms with van der Waals surface area (Å²) in [6.07, 6.45) is -1.67. The molecule has 2 aromatic heterocycles. The number of fused-ring (bicyclic) bond motifs is 2. The molecule has 0 aliphatic carbocycles. The topological polar surface area (TPSA) is 118 Å². The fourth-order valence-electron chi connectivity index (χ4n) is 5.64. The molecule has 12 heteroatoms. The molecule has 2 fully saturated rings. The van der Waals surface area contributed by atoms with Crippen molar-refractivity contribution in [3.05, 3.63) is 71.4 Å². The minimum atomic E-state index is -0.765. The zero-order chi connectivity index (χ0) is 30.8. The van der Waals surface area contributed by atoms with Crippen LogP contribution in [0.1, 0.15) is 26.5 Å². The summed E-state index contributed by atoms with van der Waals surface area (Å²) in [6.45, 7) is 6.83. The fraction of sp³-hybridized carbons (Fsp3) is 0.406. The van der Waals surface area contributed by atoms with Gasteiger partial charge < -0.3 is 38.9 Å². The van der Waals surface area contributed by atoms with Crippen LogP contribution in [0.3, 0.4) is 0 Å². The lowest BCUT2D eigenvalue weighted by molar-refractivity contribution is -0.228. The van der Waals surface area contributed by atoms with Gasteiger partial charge in [-0.15, -0.1) is 0 Å². The Labute approximate surface area is 260 Å². The van der Waals surface area contributed by atoms with Gasteiger partial charge in [0.25, 0.3) is 0 Å². The van der Waals surface area contributed by atoms with Crippen LogP contribution < -0.4 is 15.4 Å². The predicted octanol–water partition coefficient (Wildman–Crippen LogP) is 4.77. The van der Waals surface area contributed by atoms with E-state index in [1.54, 1.807) is 19.2 Å². The Morgan fingerprint density at radius 2 is 1.84 bits per heavy atom. The Kier molecular flexibility index (Phi) is 8.75. The lowest BCUT2D eigenvalue weighted by Gasteiger charge is -2.24. The first kappa shape index (κ1) is 30.3. The number of ether oxygens (including phenoxy) is 5. The van der Waals surface area contributed by atoms with Crippen LogP contribution in [-0.2, 0) is 36.9 Å². The highest BCUT2D eigenvalue weighted by molar-refractivity contribution is 6.30. The summed E-state index contributed by atoms with van der Waals surface area (Å²) < 4.78 is 32.7. The number of amides is 1. The number of methoxy groups -OCH3 is 1. The van der Waals surface area contributed by atoms with Crippen molar-refractivity contribution in [3.8, 4) is 17.1 Å². The first-order valence-electron chi connectivity index (χ1n) is 14.6. The zero-order valence-electron chi connectivity index (χ0n) is 25.1. The monoisotopic (exact) mass is 621 g/mol. The molecule has 0 saturated carbocycles. The molecule has 4 aromatic rings. The van der Waals surface area contributed by atoms with Crippen molar-refractivity contribution in [2.75, 3.05) is 25.5 Å². The van der Waals surface area contributed by atoms with Crippen molar-refractivity contribution in [1.29, 1.82) is 0 Å². The molecule has 0 bridgehead atoms. The summed E-state index contributed by atoms with van der Waals surface area (Å²) in [7, 11) is 1.60. The molecule has 6 rings (SSSR count). The number of rotatable bonds is 11. The largest absolute Gasteiger partial charge is 0.487 e. The van der Waals surface area contributed by atoms with Crippen molar-refractivity contribution >= 4 is 34.4 Å². The van der Waals surface area contributed by atoms with Gasteiger partial charge in [-0.05, 0) is 38.1 Å². The van der Waals surface area contributed by atoms with Crippen molar-refractivity contribution < 1.29 is 28.5 Å². The van der Waals surface area contributed by atoms with Crippen LogP contribution in [0.5, 0.6) is 5.75 Å². The number of carbonyl (C=O) groups excluding carboxylic acids is 1. The maximum atomic E-state index is 11.5. The molecule has 44 heavy (non-hydrogen) atoms. The minimum absolute atomic E-state index is 0.0956. The number of nitrogens with one attached hydrogen (secondary N) is 2. The van der Waals surface area contributed by atoms with Crippen molar-refractivity contribution in [3.63, 3.8) is 0 Å². The molecule has 2 aromatic carbocycles. The Balaban J connectivity index is 1.42. The Morgan fingerprint density at radius 3 is 2.59 bits per heavy atom. The predicted molar refractivity (Wildman–Crippen MR) is 165 cm³/mol. The van der Waals surface area contributed by atoms with Crippen LogP contribution in [0, 0.1) is 0 Å². The summed E-state index contributed by atoms with van der Waals surface area (Å²) in [5.74, 6) is 0.984. The van der Waals surface area contributed by atoms with Crippen LogP contribution in [0.4, 0.5) is 5.82 Å². The normalized spacial score (nSPS) is 22.2. The Hall–Kier alpha value is -3.74. The Bertz CT molecular complexity index is 1630. The van der Waals surface area contributed by atoms with Gasteiger partial charge in [-0.25, -0.2) is 9.97 Å². The molecule has 3 unspecified atom stereocenters. The van der Waals surface area contributed by atoms with E-state index in [-0.39, 0.29) is 24.7 Å². The third-order valence-electron chi connectivity index (χ3n) is 7.55.